The number of carbonyl (C=O) groups is 1. The predicted octanol–water partition coefficient (Wildman–Crippen LogP) is 4.60. The van der Waals surface area contributed by atoms with Gasteiger partial charge in [-0.1, -0.05) is 48.5 Å². The van der Waals surface area contributed by atoms with Crippen LogP contribution in [0.15, 0.2) is 72.1 Å². The van der Waals surface area contributed by atoms with Crippen molar-refractivity contribution < 1.29 is 4.79 Å². The first kappa shape index (κ1) is 18.1. The van der Waals surface area contributed by atoms with Crippen molar-refractivity contribution in [2.24, 2.45) is 0 Å². The maximum atomic E-state index is 12.9. The van der Waals surface area contributed by atoms with Crippen molar-refractivity contribution in [3.63, 3.8) is 0 Å². The monoisotopic (exact) mass is 388 g/mol. The number of likely N-dealkylation sites (N-methyl/N-ethyl adjacent to an activating group) is 1. The average molecular weight is 388 g/mol. The first-order chi connectivity index (χ1) is 13.6. The van der Waals surface area contributed by atoms with Crippen LogP contribution in [0.4, 0.5) is 5.82 Å². The number of carbonyl (C=O) groups excluding carboxylic acids is 1. The summed E-state index contributed by atoms with van der Waals surface area (Å²) in [5.74, 6) is 1.27. The van der Waals surface area contributed by atoms with Crippen LogP contribution in [0.5, 0.6) is 0 Å². The summed E-state index contributed by atoms with van der Waals surface area (Å²) in [7, 11) is 3.52. The van der Waals surface area contributed by atoms with E-state index >= 15 is 0 Å². The van der Waals surface area contributed by atoms with E-state index in [9.17, 15) is 4.79 Å². The second kappa shape index (κ2) is 7.78. The highest BCUT2D eigenvalue weighted by Crippen LogP contribution is 2.30. The molecule has 2 heterocycles. The van der Waals surface area contributed by atoms with E-state index in [1.54, 1.807) is 30.3 Å². The maximum Gasteiger partial charge on any atom is 0.249 e. The Morgan fingerprint density at radius 3 is 2.43 bits per heavy atom. The van der Waals surface area contributed by atoms with Crippen LogP contribution in [-0.2, 0) is 4.79 Å². The highest BCUT2D eigenvalue weighted by Gasteiger charge is 2.24. The molecule has 0 spiro atoms. The molecule has 0 fully saturated rings. The lowest BCUT2D eigenvalue weighted by atomic mass is 10.1. The van der Waals surface area contributed by atoms with Crippen LogP contribution < -0.4 is 5.32 Å². The van der Waals surface area contributed by atoms with Gasteiger partial charge in [0.1, 0.15) is 11.9 Å². The molecule has 1 N–H and O–H groups in total. The topological polar surface area (TPSA) is 58.1 Å². The molecule has 0 saturated heterocycles. The molecule has 6 heteroatoms. The lowest BCUT2D eigenvalue weighted by Crippen LogP contribution is -2.32. The molecule has 1 atom stereocenters. The molecule has 4 aromatic rings. The first-order valence-corrected chi connectivity index (χ1v) is 9.85. The van der Waals surface area contributed by atoms with Gasteiger partial charge in [0.15, 0.2) is 5.82 Å². The number of benzene rings is 2. The maximum absolute atomic E-state index is 12.9. The van der Waals surface area contributed by atoms with Gasteiger partial charge in [-0.3, -0.25) is 4.79 Å². The number of anilines is 1. The van der Waals surface area contributed by atoms with Gasteiger partial charge in [0.05, 0.1) is 10.4 Å². The van der Waals surface area contributed by atoms with Crippen LogP contribution in [0.25, 0.3) is 21.6 Å². The molecule has 0 aliphatic carbocycles. The molecule has 28 heavy (non-hydrogen) atoms. The minimum Gasteiger partial charge on any atom is -0.354 e. The Labute approximate surface area is 167 Å². The Balaban J connectivity index is 1.83. The Morgan fingerprint density at radius 2 is 1.71 bits per heavy atom. The van der Waals surface area contributed by atoms with Gasteiger partial charge in [-0.15, -0.1) is 11.3 Å². The van der Waals surface area contributed by atoms with Gasteiger partial charge in [-0.25, -0.2) is 9.97 Å². The summed E-state index contributed by atoms with van der Waals surface area (Å²) in [5, 5.41) is 6.27. The number of rotatable bonds is 5. The second-order valence-corrected chi connectivity index (χ2v) is 7.56. The summed E-state index contributed by atoms with van der Waals surface area (Å²) in [4.78, 5) is 25.0. The third-order valence-electron chi connectivity index (χ3n) is 4.45. The van der Waals surface area contributed by atoms with Gasteiger partial charge < -0.3 is 10.2 Å². The highest BCUT2D eigenvalue weighted by atomic mass is 32.1. The molecule has 2 aromatic carbocycles. The minimum atomic E-state index is -0.536. The molecule has 140 valence electrons. The van der Waals surface area contributed by atoms with Crippen molar-refractivity contribution in [3.05, 3.63) is 77.7 Å². The van der Waals surface area contributed by atoms with Gasteiger partial charge in [0.2, 0.25) is 5.91 Å². The third-order valence-corrected chi connectivity index (χ3v) is 5.31. The number of aromatic nitrogens is 2. The van der Waals surface area contributed by atoms with E-state index in [4.69, 9.17) is 9.97 Å². The molecule has 0 unspecified atom stereocenters. The van der Waals surface area contributed by atoms with Crippen molar-refractivity contribution in [2.45, 2.75) is 6.04 Å². The third kappa shape index (κ3) is 3.59. The Kier molecular flexibility index (Phi) is 5.04. The minimum absolute atomic E-state index is 0.0356. The lowest BCUT2D eigenvalue weighted by molar-refractivity contribution is -0.129. The molecule has 0 aliphatic heterocycles. The number of para-hydroxylation sites is 1. The fraction of sp³-hybridized carbons (Fsp3) is 0.136. The summed E-state index contributed by atoms with van der Waals surface area (Å²) in [6.07, 6.45) is 0. The smallest absolute Gasteiger partial charge is 0.249 e. The number of amides is 1. The number of nitrogens with zero attached hydrogens (tertiary/aromatic N) is 3. The molecule has 4 rings (SSSR count). The molecule has 0 bridgehead atoms. The SMILES string of the molecule is CN(C)C(=O)[C@H](Nc1nc(-c2cccs2)nc2ccccc12)c1ccccc1. The zero-order chi connectivity index (χ0) is 19.5. The second-order valence-electron chi connectivity index (χ2n) is 6.61. The molecule has 0 saturated carbocycles. The highest BCUT2D eigenvalue weighted by molar-refractivity contribution is 7.13. The Hall–Kier alpha value is -3.25. The molecular weight excluding hydrogens is 368 g/mol. The van der Waals surface area contributed by atoms with E-state index < -0.39 is 6.04 Å². The van der Waals surface area contributed by atoms with Gasteiger partial charge in [0, 0.05) is 19.5 Å². The van der Waals surface area contributed by atoms with Crippen molar-refractivity contribution in [1.29, 1.82) is 0 Å². The van der Waals surface area contributed by atoms with Gasteiger partial charge in [0.25, 0.3) is 0 Å². The number of hydrogen-bond donors (Lipinski definition) is 1. The van der Waals surface area contributed by atoms with E-state index in [0.29, 0.717) is 11.6 Å². The van der Waals surface area contributed by atoms with Crippen molar-refractivity contribution in [2.75, 3.05) is 19.4 Å². The predicted molar refractivity (Wildman–Crippen MR) is 114 cm³/mol. The van der Waals surface area contributed by atoms with Crippen molar-refractivity contribution in [1.82, 2.24) is 14.9 Å². The molecule has 0 radical (unpaired) electrons. The van der Waals surface area contributed by atoms with E-state index in [1.165, 1.54) is 0 Å². The Bertz CT molecular complexity index is 1090. The molecule has 1 amide bonds. The zero-order valence-electron chi connectivity index (χ0n) is 15.7. The van der Waals surface area contributed by atoms with Gasteiger partial charge >= 0.3 is 0 Å². The quantitative estimate of drug-likeness (QED) is 0.543. The van der Waals surface area contributed by atoms with Crippen LogP contribution in [0, 0.1) is 0 Å². The fourth-order valence-corrected chi connectivity index (χ4v) is 3.69. The summed E-state index contributed by atoms with van der Waals surface area (Å²) >= 11 is 1.59. The largest absolute Gasteiger partial charge is 0.354 e. The summed E-state index contributed by atoms with van der Waals surface area (Å²) in [5.41, 5.74) is 1.73. The summed E-state index contributed by atoms with van der Waals surface area (Å²) < 4.78 is 0. The van der Waals surface area contributed by atoms with Gasteiger partial charge in [-0.2, -0.15) is 0 Å². The number of thiophene rings is 1. The molecular formula is C22H20N4OS. The zero-order valence-corrected chi connectivity index (χ0v) is 16.5. The van der Waals surface area contributed by atoms with Crippen LogP contribution in [0.3, 0.4) is 0 Å². The van der Waals surface area contributed by atoms with E-state index in [1.807, 2.05) is 72.1 Å². The van der Waals surface area contributed by atoms with E-state index in [2.05, 4.69) is 5.32 Å². The normalized spacial score (nSPS) is 11.9. The van der Waals surface area contributed by atoms with Crippen LogP contribution in [0.1, 0.15) is 11.6 Å². The average Bonchev–Trinajstić information content (AvgIpc) is 3.26. The van der Waals surface area contributed by atoms with Crippen molar-refractivity contribution in [3.8, 4) is 10.7 Å². The standard InChI is InChI=1S/C22H20N4OS/c1-26(2)22(27)19(15-9-4-3-5-10-15)24-20-16-11-6-7-12-17(16)23-21(25-20)18-13-8-14-28-18/h3-14,19H,1-2H3,(H,23,24,25)/t19-/m1/s1. The number of hydrogen-bond acceptors (Lipinski definition) is 5. The van der Waals surface area contributed by atoms with Gasteiger partial charge in [-0.05, 0) is 29.1 Å². The number of fused-ring (bicyclic) bond motifs is 1. The molecule has 2 aromatic heterocycles. The molecule has 5 nitrogen and oxygen atoms in total. The van der Waals surface area contributed by atoms with Crippen LogP contribution in [0.2, 0.25) is 0 Å². The Morgan fingerprint density at radius 1 is 0.964 bits per heavy atom. The van der Waals surface area contributed by atoms with Crippen LogP contribution in [-0.4, -0.2) is 34.9 Å². The van der Waals surface area contributed by atoms with Crippen LogP contribution >= 0.6 is 11.3 Å². The molecule has 0 aliphatic rings. The lowest BCUT2D eigenvalue weighted by Gasteiger charge is -2.23. The summed E-state index contributed by atoms with van der Waals surface area (Å²) in [6, 6.07) is 21.0. The first-order valence-electron chi connectivity index (χ1n) is 8.97. The van der Waals surface area contributed by atoms with E-state index in [0.717, 1.165) is 21.3 Å². The van der Waals surface area contributed by atoms with Crippen molar-refractivity contribution >= 4 is 34.0 Å². The summed E-state index contributed by atoms with van der Waals surface area (Å²) in [6.45, 7) is 0. The van der Waals surface area contributed by atoms with E-state index in [-0.39, 0.29) is 5.91 Å². The fourth-order valence-electron chi connectivity index (χ4n) is 3.03. The number of nitrogens with one attached hydrogen (secondary N) is 1.